The first-order valence-electron chi connectivity index (χ1n) is 7.31. The van der Waals surface area contributed by atoms with Crippen molar-refractivity contribution in [2.45, 2.75) is 19.9 Å². The van der Waals surface area contributed by atoms with Gasteiger partial charge in [0.25, 0.3) is 5.91 Å². The van der Waals surface area contributed by atoms with Gasteiger partial charge in [-0.3, -0.25) is 14.2 Å². The fraction of sp³-hybridized carbons (Fsp3) is 0.235. The van der Waals surface area contributed by atoms with Crippen molar-refractivity contribution < 1.29 is 9.18 Å². The zero-order valence-electron chi connectivity index (χ0n) is 13.2. The number of nitrogens with zero attached hydrogens (tertiary/aromatic N) is 4. The molecule has 0 bridgehead atoms. The predicted molar refractivity (Wildman–Crippen MR) is 84.6 cm³/mol. The van der Waals surface area contributed by atoms with Gasteiger partial charge in [-0.05, 0) is 43.2 Å². The summed E-state index contributed by atoms with van der Waals surface area (Å²) in [6.07, 6.45) is 4.89. The van der Waals surface area contributed by atoms with Crippen LogP contribution in [0.4, 0.5) is 4.39 Å². The number of carbonyl (C=O) groups is 1. The molecule has 23 heavy (non-hydrogen) atoms. The lowest BCUT2D eigenvalue weighted by Gasteiger charge is -2.24. The summed E-state index contributed by atoms with van der Waals surface area (Å²) in [4.78, 5) is 22.3. The number of imidazole rings is 1. The van der Waals surface area contributed by atoms with E-state index in [0.717, 1.165) is 11.1 Å². The molecule has 3 rings (SSSR count). The van der Waals surface area contributed by atoms with Crippen LogP contribution in [-0.4, -0.2) is 32.2 Å². The van der Waals surface area contributed by atoms with Crippen LogP contribution in [0.1, 0.15) is 34.6 Å². The summed E-state index contributed by atoms with van der Waals surface area (Å²) < 4.78 is 15.8. The zero-order valence-corrected chi connectivity index (χ0v) is 13.2. The molecule has 0 N–H and O–H groups in total. The number of hydrogen-bond donors (Lipinski definition) is 0. The Morgan fingerprint density at radius 3 is 2.65 bits per heavy atom. The van der Waals surface area contributed by atoms with Crippen LogP contribution in [0.25, 0.3) is 5.65 Å². The highest BCUT2D eigenvalue weighted by molar-refractivity contribution is 5.93. The maximum absolute atomic E-state index is 14.5. The Morgan fingerprint density at radius 2 is 2.00 bits per heavy atom. The number of aryl methyl sites for hydroxylation is 1. The van der Waals surface area contributed by atoms with E-state index in [-0.39, 0.29) is 11.7 Å². The van der Waals surface area contributed by atoms with Crippen molar-refractivity contribution in [2.24, 2.45) is 0 Å². The maximum Gasteiger partial charge on any atom is 0.277 e. The van der Waals surface area contributed by atoms with Crippen molar-refractivity contribution in [1.29, 1.82) is 0 Å². The molecule has 3 aromatic heterocycles. The van der Waals surface area contributed by atoms with E-state index < -0.39 is 11.9 Å². The Bertz CT molecular complexity index is 860. The standard InChI is InChI=1S/C17H17FN4O/c1-11-5-4-10-22-15(18)14(20-16(11)22)17(23)21(3)12(2)13-6-8-19-9-7-13/h4-10,12H,1-3H3. The number of halogens is 1. The first-order valence-corrected chi connectivity index (χ1v) is 7.31. The van der Waals surface area contributed by atoms with Crippen molar-refractivity contribution in [1.82, 2.24) is 19.3 Å². The minimum Gasteiger partial charge on any atom is -0.333 e. The maximum atomic E-state index is 14.5. The number of amides is 1. The molecule has 3 heterocycles. The van der Waals surface area contributed by atoms with Gasteiger partial charge in [-0.25, -0.2) is 4.98 Å². The lowest BCUT2D eigenvalue weighted by atomic mass is 10.1. The van der Waals surface area contributed by atoms with E-state index in [1.807, 2.05) is 32.0 Å². The molecule has 1 amide bonds. The molecular weight excluding hydrogens is 295 g/mol. The van der Waals surface area contributed by atoms with Crippen LogP contribution in [0.2, 0.25) is 0 Å². The molecule has 0 aliphatic carbocycles. The summed E-state index contributed by atoms with van der Waals surface area (Å²) in [6, 6.07) is 7.01. The van der Waals surface area contributed by atoms with Crippen LogP contribution in [0.3, 0.4) is 0 Å². The molecule has 3 aromatic rings. The first-order chi connectivity index (χ1) is 11.0. The fourth-order valence-corrected chi connectivity index (χ4v) is 2.52. The average molecular weight is 312 g/mol. The van der Waals surface area contributed by atoms with Gasteiger partial charge in [0.05, 0.1) is 6.04 Å². The Balaban J connectivity index is 1.97. The van der Waals surface area contributed by atoms with Crippen molar-refractivity contribution in [2.75, 3.05) is 7.05 Å². The number of fused-ring (bicyclic) bond motifs is 1. The van der Waals surface area contributed by atoms with Gasteiger partial charge >= 0.3 is 0 Å². The summed E-state index contributed by atoms with van der Waals surface area (Å²) in [7, 11) is 1.64. The topological polar surface area (TPSA) is 50.5 Å². The van der Waals surface area contributed by atoms with Gasteiger partial charge in [0, 0.05) is 25.6 Å². The van der Waals surface area contributed by atoms with E-state index in [1.54, 1.807) is 31.7 Å². The lowest BCUT2D eigenvalue weighted by molar-refractivity contribution is 0.0732. The summed E-state index contributed by atoms with van der Waals surface area (Å²) in [5, 5.41) is 0. The smallest absolute Gasteiger partial charge is 0.277 e. The van der Waals surface area contributed by atoms with Gasteiger partial charge in [-0.1, -0.05) is 6.07 Å². The molecular formula is C17H17FN4O. The van der Waals surface area contributed by atoms with Crippen molar-refractivity contribution in [3.63, 3.8) is 0 Å². The highest BCUT2D eigenvalue weighted by atomic mass is 19.1. The number of carbonyl (C=O) groups excluding carboxylic acids is 1. The van der Waals surface area contributed by atoms with Crippen LogP contribution < -0.4 is 0 Å². The summed E-state index contributed by atoms with van der Waals surface area (Å²) >= 11 is 0. The molecule has 0 aliphatic heterocycles. The predicted octanol–water partition coefficient (Wildman–Crippen LogP) is 3.01. The number of rotatable bonds is 3. The molecule has 118 valence electrons. The van der Waals surface area contributed by atoms with E-state index in [9.17, 15) is 9.18 Å². The molecule has 6 heteroatoms. The van der Waals surface area contributed by atoms with E-state index in [2.05, 4.69) is 9.97 Å². The van der Waals surface area contributed by atoms with E-state index >= 15 is 0 Å². The largest absolute Gasteiger partial charge is 0.333 e. The minimum absolute atomic E-state index is 0.164. The third kappa shape index (κ3) is 2.56. The van der Waals surface area contributed by atoms with E-state index in [1.165, 1.54) is 9.30 Å². The van der Waals surface area contributed by atoms with Crippen LogP contribution in [0.15, 0.2) is 42.9 Å². The third-order valence-electron chi connectivity index (χ3n) is 4.08. The summed E-state index contributed by atoms with van der Waals surface area (Å²) in [6.45, 7) is 3.71. The lowest BCUT2D eigenvalue weighted by Crippen LogP contribution is -2.30. The van der Waals surface area contributed by atoms with Gasteiger partial charge < -0.3 is 4.90 Å². The first kappa shape index (κ1) is 15.1. The monoisotopic (exact) mass is 312 g/mol. The van der Waals surface area contributed by atoms with Gasteiger partial charge in [-0.2, -0.15) is 4.39 Å². The van der Waals surface area contributed by atoms with E-state index in [4.69, 9.17) is 0 Å². The molecule has 0 radical (unpaired) electrons. The van der Waals surface area contributed by atoms with Crippen LogP contribution >= 0.6 is 0 Å². The second-order valence-electron chi connectivity index (χ2n) is 5.51. The SMILES string of the molecule is Cc1cccn2c(F)c(C(=O)N(C)C(C)c3ccncc3)nc12. The second kappa shape index (κ2) is 5.79. The highest BCUT2D eigenvalue weighted by Crippen LogP contribution is 2.22. The molecule has 0 fully saturated rings. The Hall–Kier alpha value is -2.76. The van der Waals surface area contributed by atoms with Crippen molar-refractivity contribution in [3.8, 4) is 0 Å². The Labute approximate surface area is 133 Å². The quantitative estimate of drug-likeness (QED) is 0.747. The normalized spacial score (nSPS) is 12.3. The molecule has 5 nitrogen and oxygen atoms in total. The van der Waals surface area contributed by atoms with Gasteiger partial charge in [-0.15, -0.1) is 0 Å². The molecule has 1 atom stereocenters. The average Bonchev–Trinajstić information content (AvgIpc) is 2.92. The van der Waals surface area contributed by atoms with E-state index in [0.29, 0.717) is 5.65 Å². The van der Waals surface area contributed by atoms with Crippen molar-refractivity contribution >= 4 is 11.6 Å². The zero-order chi connectivity index (χ0) is 16.6. The number of aromatic nitrogens is 3. The molecule has 1 unspecified atom stereocenters. The highest BCUT2D eigenvalue weighted by Gasteiger charge is 2.26. The molecule has 0 saturated carbocycles. The fourth-order valence-electron chi connectivity index (χ4n) is 2.52. The molecule has 0 aliphatic rings. The number of pyridine rings is 2. The van der Waals surface area contributed by atoms with Crippen LogP contribution in [-0.2, 0) is 0 Å². The van der Waals surface area contributed by atoms with Crippen LogP contribution in [0, 0.1) is 12.9 Å². The minimum atomic E-state index is -0.637. The van der Waals surface area contributed by atoms with Gasteiger partial charge in [0.2, 0.25) is 5.95 Å². The summed E-state index contributed by atoms with van der Waals surface area (Å²) in [5.41, 5.74) is 2.03. The summed E-state index contributed by atoms with van der Waals surface area (Å²) in [5.74, 6) is -1.09. The third-order valence-corrected chi connectivity index (χ3v) is 4.08. The number of hydrogen-bond acceptors (Lipinski definition) is 3. The Morgan fingerprint density at radius 1 is 1.30 bits per heavy atom. The molecule has 0 aromatic carbocycles. The van der Waals surface area contributed by atoms with Crippen molar-refractivity contribution in [3.05, 3.63) is 65.6 Å². The van der Waals surface area contributed by atoms with Crippen LogP contribution in [0.5, 0.6) is 0 Å². The second-order valence-corrected chi connectivity index (χ2v) is 5.51. The Kier molecular flexibility index (Phi) is 3.82. The molecule has 0 saturated heterocycles. The van der Waals surface area contributed by atoms with Gasteiger partial charge in [0.1, 0.15) is 5.65 Å². The molecule has 0 spiro atoms. The van der Waals surface area contributed by atoms with Gasteiger partial charge in [0.15, 0.2) is 5.69 Å².